The normalized spacial score (nSPS) is 21.8. The quantitative estimate of drug-likeness (QED) is 0.810. The fourth-order valence-electron chi connectivity index (χ4n) is 3.47. The van der Waals surface area contributed by atoms with Crippen molar-refractivity contribution in [2.24, 2.45) is 0 Å². The third-order valence-corrected chi connectivity index (χ3v) is 6.21. The van der Waals surface area contributed by atoms with Gasteiger partial charge in [0.1, 0.15) is 0 Å². The van der Waals surface area contributed by atoms with Crippen molar-refractivity contribution in [3.05, 3.63) is 35.9 Å². The van der Waals surface area contributed by atoms with E-state index in [2.05, 4.69) is 0 Å². The number of piperidine rings is 1. The van der Waals surface area contributed by atoms with Crippen LogP contribution in [0.25, 0.3) is 0 Å². The van der Waals surface area contributed by atoms with Gasteiger partial charge in [0.2, 0.25) is 15.9 Å². The van der Waals surface area contributed by atoms with Gasteiger partial charge in [0.25, 0.3) is 0 Å². The Morgan fingerprint density at radius 2 is 1.83 bits per heavy atom. The molecule has 1 spiro atoms. The van der Waals surface area contributed by atoms with Crippen LogP contribution < -0.4 is 0 Å². The molecule has 2 heterocycles. The van der Waals surface area contributed by atoms with Gasteiger partial charge in [-0.2, -0.15) is 0 Å². The summed E-state index contributed by atoms with van der Waals surface area (Å²) < 4.78 is 30.8. The van der Waals surface area contributed by atoms with E-state index in [-0.39, 0.29) is 5.91 Å². The summed E-state index contributed by atoms with van der Waals surface area (Å²) in [5.41, 5.74) is 0.612. The Bertz CT molecular complexity index is 682. The third kappa shape index (κ3) is 3.96. The van der Waals surface area contributed by atoms with E-state index in [1.165, 1.54) is 10.6 Å². The van der Waals surface area contributed by atoms with E-state index >= 15 is 0 Å². The molecule has 2 fully saturated rings. The smallest absolute Gasteiger partial charge is 0.227 e. The fraction of sp³-hybridized carbons (Fsp3) is 0.588. The van der Waals surface area contributed by atoms with Crippen molar-refractivity contribution in [2.75, 3.05) is 39.0 Å². The molecule has 2 aliphatic rings. The monoisotopic (exact) mass is 352 g/mol. The largest absolute Gasteiger partial charge is 0.371 e. The van der Waals surface area contributed by atoms with Crippen molar-refractivity contribution in [1.82, 2.24) is 9.21 Å². The second kappa shape index (κ2) is 6.82. The lowest BCUT2D eigenvalue weighted by atomic mass is 9.90. The van der Waals surface area contributed by atoms with Gasteiger partial charge in [0, 0.05) is 26.2 Å². The molecule has 7 heteroatoms. The topological polar surface area (TPSA) is 66.9 Å². The van der Waals surface area contributed by atoms with E-state index in [1.807, 2.05) is 35.2 Å². The molecular weight excluding hydrogens is 328 g/mol. The highest BCUT2D eigenvalue weighted by atomic mass is 32.2. The lowest BCUT2D eigenvalue weighted by molar-refractivity contribution is -0.156. The van der Waals surface area contributed by atoms with Gasteiger partial charge in [-0.3, -0.25) is 4.79 Å². The van der Waals surface area contributed by atoms with Crippen molar-refractivity contribution < 1.29 is 17.9 Å². The zero-order valence-corrected chi connectivity index (χ0v) is 14.8. The molecule has 2 saturated heterocycles. The van der Waals surface area contributed by atoms with Crippen LogP contribution in [0.5, 0.6) is 0 Å². The third-order valence-electron chi connectivity index (χ3n) is 4.90. The number of ether oxygens (including phenoxy) is 1. The van der Waals surface area contributed by atoms with E-state index in [0.29, 0.717) is 52.0 Å². The second-order valence-corrected chi connectivity index (χ2v) is 8.65. The fourth-order valence-corrected chi connectivity index (χ4v) is 4.31. The Morgan fingerprint density at radius 1 is 1.17 bits per heavy atom. The summed E-state index contributed by atoms with van der Waals surface area (Å²) in [5.74, 6) is 0.106. The average molecular weight is 352 g/mol. The van der Waals surface area contributed by atoms with E-state index in [9.17, 15) is 13.2 Å². The van der Waals surface area contributed by atoms with E-state index in [0.717, 1.165) is 5.56 Å². The molecule has 1 aromatic rings. The van der Waals surface area contributed by atoms with Crippen LogP contribution in [0.2, 0.25) is 0 Å². The summed E-state index contributed by atoms with van der Waals surface area (Å²) >= 11 is 0. The molecule has 0 bridgehead atoms. The molecule has 24 heavy (non-hydrogen) atoms. The summed E-state index contributed by atoms with van der Waals surface area (Å²) in [6.07, 6.45) is 2.90. The molecule has 0 aromatic heterocycles. The molecule has 132 valence electrons. The Hall–Kier alpha value is -1.44. The van der Waals surface area contributed by atoms with Crippen LogP contribution in [-0.4, -0.2) is 68.2 Å². The van der Waals surface area contributed by atoms with Gasteiger partial charge in [0.15, 0.2) is 0 Å². The maximum Gasteiger partial charge on any atom is 0.227 e. The Kier molecular flexibility index (Phi) is 4.94. The summed E-state index contributed by atoms with van der Waals surface area (Å²) in [5, 5.41) is 0. The Balaban J connectivity index is 1.61. The minimum absolute atomic E-state index is 0.106. The van der Waals surface area contributed by atoms with E-state index in [1.54, 1.807) is 0 Å². The van der Waals surface area contributed by atoms with Crippen molar-refractivity contribution in [3.8, 4) is 0 Å². The van der Waals surface area contributed by atoms with Gasteiger partial charge in [0.05, 0.1) is 24.9 Å². The van der Waals surface area contributed by atoms with Crippen LogP contribution >= 0.6 is 0 Å². The lowest BCUT2D eigenvalue weighted by Gasteiger charge is -2.46. The summed E-state index contributed by atoms with van der Waals surface area (Å²) in [6, 6.07) is 9.72. The molecule has 0 radical (unpaired) electrons. The minimum Gasteiger partial charge on any atom is -0.371 e. The average Bonchev–Trinajstić information content (AvgIpc) is 2.55. The first kappa shape index (κ1) is 17.4. The predicted molar refractivity (Wildman–Crippen MR) is 91.1 cm³/mol. The first-order valence-corrected chi connectivity index (χ1v) is 10.1. The molecule has 0 atom stereocenters. The zero-order valence-electron chi connectivity index (χ0n) is 14.0. The number of amides is 1. The maximum atomic E-state index is 12.6. The SMILES string of the molecule is CS(=O)(=O)N1CCC2(CC1)CN(C(=O)Cc1ccccc1)CCO2. The summed E-state index contributed by atoms with van der Waals surface area (Å²) in [4.78, 5) is 14.4. The van der Waals surface area contributed by atoms with Crippen molar-refractivity contribution >= 4 is 15.9 Å². The highest BCUT2D eigenvalue weighted by Crippen LogP contribution is 2.31. The maximum absolute atomic E-state index is 12.6. The predicted octanol–water partition coefficient (Wildman–Crippen LogP) is 0.882. The Morgan fingerprint density at radius 3 is 2.46 bits per heavy atom. The molecule has 2 aliphatic heterocycles. The van der Waals surface area contributed by atoms with Crippen LogP contribution in [0.3, 0.4) is 0 Å². The molecule has 3 rings (SSSR count). The number of rotatable bonds is 3. The molecule has 6 nitrogen and oxygen atoms in total. The molecule has 0 N–H and O–H groups in total. The van der Waals surface area contributed by atoms with E-state index < -0.39 is 15.6 Å². The van der Waals surface area contributed by atoms with Gasteiger partial charge in [-0.1, -0.05) is 30.3 Å². The summed E-state index contributed by atoms with van der Waals surface area (Å²) in [7, 11) is -3.15. The van der Waals surface area contributed by atoms with Gasteiger partial charge in [-0.15, -0.1) is 0 Å². The number of nitrogens with zero attached hydrogens (tertiary/aromatic N) is 2. The summed E-state index contributed by atoms with van der Waals surface area (Å²) in [6.45, 7) is 2.58. The molecule has 0 aliphatic carbocycles. The first-order chi connectivity index (χ1) is 11.4. The van der Waals surface area contributed by atoms with Crippen LogP contribution in [0.1, 0.15) is 18.4 Å². The van der Waals surface area contributed by atoms with Gasteiger partial charge in [-0.05, 0) is 18.4 Å². The number of carbonyl (C=O) groups is 1. The molecule has 1 amide bonds. The second-order valence-electron chi connectivity index (χ2n) is 6.67. The number of morpholine rings is 1. The van der Waals surface area contributed by atoms with Crippen molar-refractivity contribution in [1.29, 1.82) is 0 Å². The number of carbonyl (C=O) groups excluding carboxylic acids is 1. The molecular formula is C17H24N2O4S. The highest BCUT2D eigenvalue weighted by Gasteiger charge is 2.42. The van der Waals surface area contributed by atoms with Crippen LogP contribution in [0.15, 0.2) is 30.3 Å². The van der Waals surface area contributed by atoms with E-state index in [4.69, 9.17) is 4.74 Å². The first-order valence-electron chi connectivity index (χ1n) is 8.29. The van der Waals surface area contributed by atoms with Crippen LogP contribution in [-0.2, 0) is 26.0 Å². The number of hydrogen-bond acceptors (Lipinski definition) is 4. The van der Waals surface area contributed by atoms with Crippen LogP contribution in [0, 0.1) is 0 Å². The van der Waals surface area contributed by atoms with Crippen LogP contribution in [0.4, 0.5) is 0 Å². The molecule has 0 unspecified atom stereocenters. The Labute approximate surface area is 143 Å². The van der Waals surface area contributed by atoms with Gasteiger partial charge < -0.3 is 9.64 Å². The number of benzene rings is 1. The van der Waals surface area contributed by atoms with Gasteiger partial charge in [-0.25, -0.2) is 12.7 Å². The van der Waals surface area contributed by atoms with Crippen molar-refractivity contribution in [3.63, 3.8) is 0 Å². The number of sulfonamides is 1. The number of hydrogen-bond donors (Lipinski definition) is 0. The minimum atomic E-state index is -3.15. The zero-order chi connectivity index (χ0) is 17.2. The molecule has 0 saturated carbocycles. The van der Waals surface area contributed by atoms with Crippen molar-refractivity contribution in [2.45, 2.75) is 24.9 Å². The van der Waals surface area contributed by atoms with Gasteiger partial charge >= 0.3 is 0 Å². The highest BCUT2D eigenvalue weighted by molar-refractivity contribution is 7.88. The molecule has 1 aromatic carbocycles. The standard InChI is InChI=1S/C17H24N2O4S/c1-24(21,22)19-9-7-17(8-10-19)14-18(11-12-23-17)16(20)13-15-5-3-2-4-6-15/h2-6H,7-14H2,1H3. The lowest BCUT2D eigenvalue weighted by Crippen LogP contribution is -2.58.